The number of esters is 1. The van der Waals surface area contributed by atoms with Crippen molar-refractivity contribution in [3.63, 3.8) is 0 Å². The molecule has 0 atom stereocenters. The maximum atomic E-state index is 12.8. The number of rotatable bonds is 8. The van der Waals surface area contributed by atoms with Gasteiger partial charge in [0.25, 0.3) is 0 Å². The highest BCUT2D eigenvalue weighted by Gasteiger charge is 2.26. The Kier molecular flexibility index (Phi) is 7.41. The minimum Gasteiger partial charge on any atom is -0.497 e. The van der Waals surface area contributed by atoms with Crippen LogP contribution < -0.4 is 14.2 Å². The number of hydrogen-bond donors (Lipinski definition) is 1. The second-order valence-corrected chi connectivity index (χ2v) is 10.7. The number of sulfonamides is 1. The summed E-state index contributed by atoms with van der Waals surface area (Å²) in [6, 6.07) is 11.6. The van der Waals surface area contributed by atoms with Crippen LogP contribution in [0.3, 0.4) is 0 Å². The summed E-state index contributed by atoms with van der Waals surface area (Å²) >= 11 is 1.42. The summed E-state index contributed by atoms with van der Waals surface area (Å²) in [7, 11) is -0.956. The summed E-state index contributed by atoms with van der Waals surface area (Å²) in [6.07, 6.45) is 0. The van der Waals surface area contributed by atoms with E-state index < -0.39 is 21.5 Å². The lowest BCUT2D eigenvalue weighted by Gasteiger charge is -2.21. The first-order valence-electron chi connectivity index (χ1n) is 10.0. The number of methoxy groups -OCH3 is 2. The van der Waals surface area contributed by atoms with E-state index in [2.05, 4.69) is 9.71 Å². The monoisotopic (exact) mass is 490 g/mol. The first-order chi connectivity index (χ1) is 15.5. The third-order valence-corrected chi connectivity index (χ3v) is 7.07. The number of benzene rings is 2. The van der Waals surface area contributed by atoms with Gasteiger partial charge in [0.1, 0.15) is 28.0 Å². The molecule has 10 heteroatoms. The number of hydrogen-bond acceptors (Lipinski definition) is 8. The highest BCUT2D eigenvalue weighted by Crippen LogP contribution is 2.28. The van der Waals surface area contributed by atoms with Gasteiger partial charge in [-0.15, -0.1) is 11.3 Å². The molecule has 0 unspecified atom stereocenters. The average Bonchev–Trinajstić information content (AvgIpc) is 3.24. The second kappa shape index (κ2) is 9.90. The van der Waals surface area contributed by atoms with E-state index in [1.807, 2.05) is 24.3 Å². The number of ether oxygens (including phenoxy) is 3. The van der Waals surface area contributed by atoms with Crippen molar-refractivity contribution >= 4 is 27.3 Å². The Labute approximate surface area is 197 Å². The van der Waals surface area contributed by atoms with Gasteiger partial charge in [0.15, 0.2) is 0 Å². The molecule has 0 saturated heterocycles. The predicted octanol–water partition coefficient (Wildman–Crippen LogP) is 4.26. The molecule has 0 aliphatic rings. The van der Waals surface area contributed by atoms with E-state index in [9.17, 15) is 13.2 Å². The fourth-order valence-corrected chi connectivity index (χ4v) is 5.37. The molecule has 8 nitrogen and oxygen atoms in total. The van der Waals surface area contributed by atoms with Gasteiger partial charge in [0.2, 0.25) is 10.0 Å². The van der Waals surface area contributed by atoms with Crippen LogP contribution in [0.5, 0.6) is 11.5 Å². The Bertz CT molecular complexity index is 1250. The molecule has 2 aromatic carbocycles. The lowest BCUT2D eigenvalue weighted by molar-refractivity contribution is 0.0468. The highest BCUT2D eigenvalue weighted by molar-refractivity contribution is 7.89. The normalized spacial score (nSPS) is 11.8. The SMILES string of the molecule is COc1cccc(-c2nc(COC(=O)c3ccc(OC)c(S(=O)(=O)NC(C)(C)C)c3)cs2)c1. The standard InChI is InChI=1S/C23H26N2O6S2/c1-23(2,3)25-33(27,28)20-12-16(9-10-19(20)30-5)22(26)31-13-17-14-32-21(24-17)15-7-6-8-18(11-15)29-4/h6-12,14,25H,13H2,1-5H3. The van der Waals surface area contributed by atoms with Crippen LogP contribution in [0, 0.1) is 0 Å². The van der Waals surface area contributed by atoms with Crippen LogP contribution in [0.25, 0.3) is 10.6 Å². The van der Waals surface area contributed by atoms with Crippen LogP contribution in [0.4, 0.5) is 0 Å². The lowest BCUT2D eigenvalue weighted by Crippen LogP contribution is -2.40. The summed E-state index contributed by atoms with van der Waals surface area (Å²) in [4.78, 5) is 17.0. The van der Waals surface area contributed by atoms with Crippen molar-refractivity contribution in [2.75, 3.05) is 14.2 Å². The van der Waals surface area contributed by atoms with E-state index >= 15 is 0 Å². The molecule has 1 N–H and O–H groups in total. The minimum absolute atomic E-state index is 0.0480. The molecule has 0 radical (unpaired) electrons. The Morgan fingerprint density at radius 3 is 2.52 bits per heavy atom. The van der Waals surface area contributed by atoms with E-state index in [4.69, 9.17) is 14.2 Å². The predicted molar refractivity (Wildman–Crippen MR) is 126 cm³/mol. The van der Waals surface area contributed by atoms with Crippen LogP contribution in [0.1, 0.15) is 36.8 Å². The molecule has 0 fully saturated rings. The average molecular weight is 491 g/mol. The largest absolute Gasteiger partial charge is 0.497 e. The smallest absolute Gasteiger partial charge is 0.338 e. The molecule has 1 aromatic heterocycles. The molecule has 0 saturated carbocycles. The molecular formula is C23H26N2O6S2. The zero-order valence-electron chi connectivity index (χ0n) is 19.0. The van der Waals surface area contributed by atoms with Crippen LogP contribution >= 0.6 is 11.3 Å². The Morgan fingerprint density at radius 2 is 1.85 bits per heavy atom. The van der Waals surface area contributed by atoms with E-state index in [1.165, 1.54) is 36.6 Å². The third kappa shape index (κ3) is 6.31. The zero-order chi connectivity index (χ0) is 24.2. The summed E-state index contributed by atoms with van der Waals surface area (Å²) in [5, 5.41) is 2.57. The Hall–Kier alpha value is -2.95. The first-order valence-corrected chi connectivity index (χ1v) is 12.4. The van der Waals surface area contributed by atoms with Crippen molar-refractivity contribution in [2.24, 2.45) is 0 Å². The van der Waals surface area contributed by atoms with Crippen molar-refractivity contribution in [1.29, 1.82) is 0 Å². The van der Waals surface area contributed by atoms with E-state index in [-0.39, 0.29) is 22.8 Å². The van der Waals surface area contributed by atoms with E-state index in [0.717, 1.165) is 16.3 Å². The Morgan fingerprint density at radius 1 is 1.09 bits per heavy atom. The van der Waals surface area contributed by atoms with Crippen molar-refractivity contribution in [3.8, 4) is 22.1 Å². The van der Waals surface area contributed by atoms with Crippen LogP contribution in [0.15, 0.2) is 52.7 Å². The second-order valence-electron chi connectivity index (χ2n) is 8.17. The summed E-state index contributed by atoms with van der Waals surface area (Å²) < 4.78 is 44.0. The van der Waals surface area contributed by atoms with Crippen LogP contribution in [-0.4, -0.2) is 39.1 Å². The molecule has 0 bridgehead atoms. The quantitative estimate of drug-likeness (QED) is 0.471. The van der Waals surface area contributed by atoms with Gasteiger partial charge in [-0.25, -0.2) is 22.9 Å². The van der Waals surface area contributed by atoms with Gasteiger partial charge < -0.3 is 14.2 Å². The summed E-state index contributed by atoms with van der Waals surface area (Å²) in [6.45, 7) is 5.13. The first kappa shape index (κ1) is 24.7. The number of nitrogens with one attached hydrogen (secondary N) is 1. The van der Waals surface area contributed by atoms with Gasteiger partial charge in [-0.2, -0.15) is 0 Å². The van der Waals surface area contributed by atoms with Crippen molar-refractivity contribution in [1.82, 2.24) is 9.71 Å². The molecule has 0 aliphatic carbocycles. The molecule has 3 rings (SSSR count). The minimum atomic E-state index is -3.92. The number of aromatic nitrogens is 1. The maximum Gasteiger partial charge on any atom is 0.338 e. The highest BCUT2D eigenvalue weighted by atomic mass is 32.2. The van der Waals surface area contributed by atoms with Gasteiger partial charge in [-0.3, -0.25) is 0 Å². The topological polar surface area (TPSA) is 104 Å². The number of carbonyl (C=O) groups is 1. The fraction of sp³-hybridized carbons (Fsp3) is 0.304. The van der Waals surface area contributed by atoms with Crippen molar-refractivity contribution in [3.05, 3.63) is 59.1 Å². The van der Waals surface area contributed by atoms with Gasteiger partial charge >= 0.3 is 5.97 Å². The maximum absolute atomic E-state index is 12.8. The van der Waals surface area contributed by atoms with Gasteiger partial charge in [0, 0.05) is 16.5 Å². The fourth-order valence-electron chi connectivity index (χ4n) is 2.96. The van der Waals surface area contributed by atoms with Crippen LogP contribution in [-0.2, 0) is 21.4 Å². The number of carbonyl (C=O) groups excluding carboxylic acids is 1. The molecule has 1 heterocycles. The third-order valence-electron chi connectivity index (χ3n) is 4.35. The van der Waals surface area contributed by atoms with Gasteiger partial charge in [-0.1, -0.05) is 12.1 Å². The summed E-state index contributed by atoms with van der Waals surface area (Å²) in [5.41, 5.74) is 0.870. The molecule has 0 spiro atoms. The van der Waals surface area contributed by atoms with Crippen molar-refractivity contribution < 1.29 is 27.4 Å². The molecule has 0 amide bonds. The number of thiazole rings is 1. The molecule has 33 heavy (non-hydrogen) atoms. The summed E-state index contributed by atoms with van der Waals surface area (Å²) in [5.74, 6) is 0.188. The van der Waals surface area contributed by atoms with E-state index in [0.29, 0.717) is 5.69 Å². The van der Waals surface area contributed by atoms with Crippen LogP contribution in [0.2, 0.25) is 0 Å². The van der Waals surface area contributed by atoms with Gasteiger partial charge in [-0.05, 0) is 51.1 Å². The van der Waals surface area contributed by atoms with E-state index in [1.54, 1.807) is 33.3 Å². The Balaban J connectivity index is 1.75. The molecule has 0 aliphatic heterocycles. The lowest BCUT2D eigenvalue weighted by atomic mass is 10.1. The molecular weight excluding hydrogens is 464 g/mol. The number of nitrogens with zero attached hydrogens (tertiary/aromatic N) is 1. The van der Waals surface area contributed by atoms with Gasteiger partial charge in [0.05, 0.1) is 25.5 Å². The van der Waals surface area contributed by atoms with Crippen molar-refractivity contribution in [2.45, 2.75) is 37.8 Å². The zero-order valence-corrected chi connectivity index (χ0v) is 20.7. The molecule has 3 aromatic rings. The molecule has 176 valence electrons.